The lowest BCUT2D eigenvalue weighted by Crippen LogP contribution is -2.37. The number of ether oxygens (including phenoxy) is 1. The number of carbonyl (C=O) groups is 1. The van der Waals surface area contributed by atoms with Crippen LogP contribution in [0.3, 0.4) is 0 Å². The second-order valence-electron chi connectivity index (χ2n) is 6.14. The van der Waals surface area contributed by atoms with Gasteiger partial charge < -0.3 is 10.1 Å². The predicted molar refractivity (Wildman–Crippen MR) is 97.4 cm³/mol. The maximum absolute atomic E-state index is 12.3. The first-order valence-electron chi connectivity index (χ1n) is 8.00. The molecule has 0 aliphatic heterocycles. The van der Waals surface area contributed by atoms with E-state index in [1.807, 2.05) is 38.1 Å². The van der Waals surface area contributed by atoms with Crippen LogP contribution in [0.1, 0.15) is 31.0 Å². The molecule has 2 atom stereocenters. The normalized spacial score (nSPS) is 13.8. The lowest BCUT2D eigenvalue weighted by atomic mass is 10.1. The molecular formula is C19H23NO4S. The zero-order valence-corrected chi connectivity index (χ0v) is 15.6. The van der Waals surface area contributed by atoms with E-state index in [1.54, 1.807) is 31.2 Å². The summed E-state index contributed by atoms with van der Waals surface area (Å²) < 4.78 is 28.6. The number of aryl methyl sites for hydroxylation is 1. The van der Waals surface area contributed by atoms with Crippen LogP contribution in [0.2, 0.25) is 0 Å². The summed E-state index contributed by atoms with van der Waals surface area (Å²) >= 11 is 0. The van der Waals surface area contributed by atoms with Gasteiger partial charge in [0.1, 0.15) is 5.75 Å². The average Bonchev–Trinajstić information content (AvgIpc) is 2.56. The maximum atomic E-state index is 12.3. The van der Waals surface area contributed by atoms with E-state index in [0.717, 1.165) is 17.4 Å². The molecular weight excluding hydrogens is 338 g/mol. The molecule has 0 saturated heterocycles. The number of benzene rings is 2. The fourth-order valence-corrected chi connectivity index (χ4v) is 2.92. The van der Waals surface area contributed by atoms with Crippen LogP contribution in [0, 0.1) is 6.92 Å². The number of hydrogen-bond acceptors (Lipinski definition) is 4. The second-order valence-corrected chi connectivity index (χ2v) is 8.16. The smallest absolute Gasteiger partial charge is 0.261 e. The molecule has 0 aliphatic carbocycles. The van der Waals surface area contributed by atoms with Crippen molar-refractivity contribution in [2.45, 2.75) is 37.8 Å². The molecule has 25 heavy (non-hydrogen) atoms. The highest BCUT2D eigenvalue weighted by Gasteiger charge is 2.18. The van der Waals surface area contributed by atoms with Crippen molar-refractivity contribution in [1.29, 1.82) is 0 Å². The number of rotatable bonds is 6. The van der Waals surface area contributed by atoms with Gasteiger partial charge in [0.05, 0.1) is 10.9 Å². The summed E-state index contributed by atoms with van der Waals surface area (Å²) in [5, 5.41) is 2.87. The van der Waals surface area contributed by atoms with Crippen LogP contribution in [0.4, 0.5) is 0 Å². The van der Waals surface area contributed by atoms with Crippen molar-refractivity contribution >= 4 is 15.7 Å². The Labute approximate surface area is 148 Å². The summed E-state index contributed by atoms with van der Waals surface area (Å²) in [6.45, 7) is 5.51. The molecule has 2 aromatic rings. The van der Waals surface area contributed by atoms with Crippen molar-refractivity contribution in [1.82, 2.24) is 5.32 Å². The van der Waals surface area contributed by atoms with E-state index in [-0.39, 0.29) is 16.8 Å². The number of sulfone groups is 1. The zero-order valence-electron chi connectivity index (χ0n) is 14.8. The van der Waals surface area contributed by atoms with Crippen LogP contribution in [-0.2, 0) is 14.6 Å². The molecule has 2 aromatic carbocycles. The van der Waals surface area contributed by atoms with Crippen molar-refractivity contribution in [3.8, 4) is 5.75 Å². The Hall–Kier alpha value is -2.34. The highest BCUT2D eigenvalue weighted by Crippen LogP contribution is 2.17. The van der Waals surface area contributed by atoms with Gasteiger partial charge in [0, 0.05) is 6.26 Å². The monoisotopic (exact) mass is 361 g/mol. The fourth-order valence-electron chi connectivity index (χ4n) is 2.29. The van der Waals surface area contributed by atoms with Crippen LogP contribution in [0.15, 0.2) is 53.4 Å². The third-order valence-corrected chi connectivity index (χ3v) is 5.00. The van der Waals surface area contributed by atoms with Gasteiger partial charge >= 0.3 is 0 Å². The van der Waals surface area contributed by atoms with Crippen molar-refractivity contribution < 1.29 is 17.9 Å². The van der Waals surface area contributed by atoms with Gasteiger partial charge in [-0.1, -0.05) is 29.8 Å². The Morgan fingerprint density at radius 2 is 1.56 bits per heavy atom. The van der Waals surface area contributed by atoms with Gasteiger partial charge in [-0.2, -0.15) is 0 Å². The Bertz CT molecular complexity index is 827. The summed E-state index contributed by atoms with van der Waals surface area (Å²) in [4.78, 5) is 12.5. The Morgan fingerprint density at radius 1 is 1.00 bits per heavy atom. The first-order chi connectivity index (χ1) is 11.7. The first kappa shape index (κ1) is 19.0. The predicted octanol–water partition coefficient (Wildman–Crippen LogP) is 3.04. The van der Waals surface area contributed by atoms with Crippen LogP contribution < -0.4 is 10.1 Å². The van der Waals surface area contributed by atoms with Crippen LogP contribution >= 0.6 is 0 Å². The third kappa shape index (κ3) is 5.32. The summed E-state index contributed by atoms with van der Waals surface area (Å²) in [5.41, 5.74) is 1.94. The quantitative estimate of drug-likeness (QED) is 0.858. The van der Waals surface area contributed by atoms with Gasteiger partial charge in [0.15, 0.2) is 15.9 Å². The van der Waals surface area contributed by atoms with E-state index in [2.05, 4.69) is 5.32 Å². The van der Waals surface area contributed by atoms with Crippen molar-refractivity contribution in [2.75, 3.05) is 6.26 Å². The van der Waals surface area contributed by atoms with E-state index in [1.165, 1.54) is 0 Å². The van der Waals surface area contributed by atoms with Gasteiger partial charge in [-0.3, -0.25) is 4.79 Å². The van der Waals surface area contributed by atoms with Crippen LogP contribution in [0.25, 0.3) is 0 Å². The lowest BCUT2D eigenvalue weighted by molar-refractivity contribution is -0.127. The van der Waals surface area contributed by atoms with E-state index >= 15 is 0 Å². The second kappa shape index (κ2) is 7.70. The molecule has 1 amide bonds. The molecule has 2 rings (SSSR count). The highest BCUT2D eigenvalue weighted by atomic mass is 32.2. The number of amides is 1. The molecule has 0 fully saturated rings. The van der Waals surface area contributed by atoms with Crippen LogP contribution in [-0.4, -0.2) is 26.7 Å². The number of hydrogen-bond donors (Lipinski definition) is 1. The van der Waals surface area contributed by atoms with Crippen molar-refractivity contribution in [2.24, 2.45) is 0 Å². The van der Waals surface area contributed by atoms with E-state index in [9.17, 15) is 13.2 Å². The minimum absolute atomic E-state index is 0.236. The minimum Gasteiger partial charge on any atom is -0.481 e. The Balaban J connectivity index is 1.97. The molecule has 1 N–H and O–H groups in total. The molecule has 0 heterocycles. The standard InChI is InChI=1S/C19H23NO4S/c1-13-5-9-17(10-6-13)24-15(3)19(21)20-14(2)16-7-11-18(12-8-16)25(4,22)23/h5-12,14-15H,1-4H3,(H,20,21)/t14-,15-/m0/s1. The van der Waals surface area contributed by atoms with Crippen molar-refractivity contribution in [3.05, 3.63) is 59.7 Å². The Kier molecular flexibility index (Phi) is 5.85. The third-order valence-electron chi connectivity index (χ3n) is 3.87. The number of nitrogens with one attached hydrogen (secondary N) is 1. The SMILES string of the molecule is Cc1ccc(O[C@@H](C)C(=O)N[C@@H](C)c2ccc(S(C)(=O)=O)cc2)cc1. The number of carbonyl (C=O) groups excluding carboxylic acids is 1. The maximum Gasteiger partial charge on any atom is 0.261 e. The largest absolute Gasteiger partial charge is 0.481 e. The lowest BCUT2D eigenvalue weighted by Gasteiger charge is -2.19. The molecule has 0 aliphatic rings. The summed E-state index contributed by atoms with van der Waals surface area (Å²) in [5.74, 6) is 0.402. The van der Waals surface area contributed by atoms with Gasteiger partial charge in [0.25, 0.3) is 5.91 Å². The molecule has 0 unspecified atom stereocenters. The van der Waals surface area contributed by atoms with Gasteiger partial charge in [-0.25, -0.2) is 8.42 Å². The van der Waals surface area contributed by atoms with Gasteiger partial charge in [-0.05, 0) is 50.6 Å². The highest BCUT2D eigenvalue weighted by molar-refractivity contribution is 7.90. The van der Waals surface area contributed by atoms with Crippen molar-refractivity contribution in [3.63, 3.8) is 0 Å². The Morgan fingerprint density at radius 3 is 2.08 bits per heavy atom. The van der Waals surface area contributed by atoms with Gasteiger partial charge in [0.2, 0.25) is 0 Å². The molecule has 6 heteroatoms. The molecule has 0 bridgehead atoms. The fraction of sp³-hybridized carbons (Fsp3) is 0.316. The van der Waals surface area contributed by atoms with E-state index in [4.69, 9.17) is 4.74 Å². The first-order valence-corrected chi connectivity index (χ1v) is 9.89. The molecule has 5 nitrogen and oxygen atoms in total. The van der Waals surface area contributed by atoms with Crippen LogP contribution in [0.5, 0.6) is 5.75 Å². The molecule has 0 aromatic heterocycles. The topological polar surface area (TPSA) is 72.5 Å². The molecule has 0 saturated carbocycles. The summed E-state index contributed by atoms with van der Waals surface area (Å²) in [7, 11) is -3.23. The van der Waals surface area contributed by atoms with E-state index in [0.29, 0.717) is 5.75 Å². The minimum atomic E-state index is -3.23. The molecule has 0 spiro atoms. The van der Waals surface area contributed by atoms with E-state index < -0.39 is 15.9 Å². The molecule has 0 radical (unpaired) electrons. The summed E-state index contributed by atoms with van der Waals surface area (Å²) in [6, 6.07) is 13.7. The zero-order chi connectivity index (χ0) is 18.6. The average molecular weight is 361 g/mol. The molecule has 134 valence electrons. The summed E-state index contributed by atoms with van der Waals surface area (Å²) in [6.07, 6.45) is 0.526. The van der Waals surface area contributed by atoms with Gasteiger partial charge in [-0.15, -0.1) is 0 Å².